The third-order valence-corrected chi connectivity index (χ3v) is 3.24. The van der Waals surface area contributed by atoms with E-state index in [9.17, 15) is 14.2 Å². The van der Waals surface area contributed by atoms with Gasteiger partial charge < -0.3 is 14.9 Å². The highest BCUT2D eigenvalue weighted by molar-refractivity contribution is 7.44. The molecular formula is C13H15NO6P+. The maximum Gasteiger partial charge on any atom is 0.412 e. The number of aliphatic hydroxyl groups is 1. The zero-order chi connectivity index (χ0) is 15.7. The Kier molecular flexibility index (Phi) is 7.08. The van der Waals surface area contributed by atoms with Gasteiger partial charge in [0.2, 0.25) is 6.35 Å². The number of alkyl carbamates (subject to hydrolysis) is 1. The first-order valence-corrected chi connectivity index (χ1v) is 7.60. The molecule has 0 aliphatic carbocycles. The number of carboxylic acids is 1. The van der Waals surface area contributed by atoms with E-state index in [2.05, 4.69) is 5.32 Å². The molecule has 0 aliphatic heterocycles. The van der Waals surface area contributed by atoms with Crippen molar-refractivity contribution < 1.29 is 29.1 Å². The quantitative estimate of drug-likeness (QED) is 0.521. The van der Waals surface area contributed by atoms with Crippen LogP contribution in [0.3, 0.4) is 0 Å². The van der Waals surface area contributed by atoms with Crippen LogP contribution in [0.25, 0.3) is 0 Å². The van der Waals surface area contributed by atoms with E-state index in [1.54, 1.807) is 24.3 Å². The normalized spacial score (nSPS) is 11.7. The van der Waals surface area contributed by atoms with Gasteiger partial charge >= 0.3 is 19.9 Å². The van der Waals surface area contributed by atoms with Crippen LogP contribution in [0.2, 0.25) is 0 Å². The minimum Gasteiger partial charge on any atom is -0.477 e. The lowest BCUT2D eigenvalue weighted by Gasteiger charge is -2.07. The average molecular weight is 312 g/mol. The maximum atomic E-state index is 11.5. The highest BCUT2D eigenvalue weighted by Crippen LogP contribution is 2.18. The molecule has 1 aromatic rings. The molecule has 0 radical (unpaired) electrons. The fourth-order valence-corrected chi connectivity index (χ4v) is 1.81. The molecule has 3 N–H and O–H groups in total. The van der Waals surface area contributed by atoms with Gasteiger partial charge in [0.25, 0.3) is 0 Å². The number of amides is 1. The van der Waals surface area contributed by atoms with Crippen LogP contribution in [0.15, 0.2) is 42.1 Å². The lowest BCUT2D eigenvalue weighted by Crippen LogP contribution is -2.28. The van der Waals surface area contributed by atoms with Gasteiger partial charge in [-0.1, -0.05) is 34.9 Å². The molecule has 1 unspecified atom stereocenters. The summed E-state index contributed by atoms with van der Waals surface area (Å²) in [6.45, 7) is 0.00444. The Morgan fingerprint density at radius 3 is 2.52 bits per heavy atom. The highest BCUT2D eigenvalue weighted by Gasteiger charge is 2.16. The number of rotatable bonds is 7. The lowest BCUT2D eigenvalue weighted by molar-refractivity contribution is -0.133. The number of aliphatic hydroxyl groups excluding tert-OH is 1. The second-order valence-electron chi connectivity index (χ2n) is 3.92. The molecule has 8 heteroatoms. The first kappa shape index (κ1) is 16.8. The number of carbonyl (C=O) groups excluding carboxylic acids is 1. The van der Waals surface area contributed by atoms with Crippen LogP contribution in [0.4, 0.5) is 4.79 Å². The second-order valence-corrected chi connectivity index (χ2v) is 5.53. The fraction of sp³-hybridized carbons (Fsp3) is 0.231. The van der Waals surface area contributed by atoms with Gasteiger partial charge in [-0.25, -0.2) is 9.59 Å². The Morgan fingerprint density at radius 2 is 1.95 bits per heavy atom. The number of carboxylic acid groups (broad SMARTS) is 1. The Labute approximate surface area is 122 Å². The molecule has 0 bridgehead atoms. The van der Waals surface area contributed by atoms with Crippen LogP contribution in [-0.4, -0.2) is 34.8 Å². The summed E-state index contributed by atoms with van der Waals surface area (Å²) in [5.41, 5.74) is 0.321. The van der Waals surface area contributed by atoms with E-state index in [1.165, 1.54) is 0 Å². The molecule has 0 aromatic heterocycles. The predicted octanol–water partition coefficient (Wildman–Crippen LogP) is 1.66. The van der Waals surface area contributed by atoms with E-state index in [0.717, 1.165) is 11.6 Å². The zero-order valence-electron chi connectivity index (χ0n) is 11.1. The zero-order valence-corrected chi connectivity index (χ0v) is 12.0. The van der Waals surface area contributed by atoms with E-state index < -0.39 is 31.9 Å². The van der Waals surface area contributed by atoms with Crippen molar-refractivity contribution in [3.63, 3.8) is 0 Å². The summed E-state index contributed by atoms with van der Waals surface area (Å²) in [6.07, 6.45) is -0.545. The summed E-state index contributed by atoms with van der Waals surface area (Å²) in [6, 6.07) is 8.90. The van der Waals surface area contributed by atoms with Crippen molar-refractivity contribution in [2.45, 2.75) is 6.61 Å². The number of benzene rings is 1. The van der Waals surface area contributed by atoms with Crippen molar-refractivity contribution >= 4 is 19.9 Å². The number of allylic oxidation sites excluding steroid dienone is 1. The SMILES string of the molecule is O=C(NC(=CC[P+](=O)CO)C(=O)O)OCc1ccccc1. The van der Waals surface area contributed by atoms with Crippen molar-refractivity contribution in [1.82, 2.24) is 5.32 Å². The summed E-state index contributed by atoms with van der Waals surface area (Å²) in [5, 5.41) is 19.6. The summed E-state index contributed by atoms with van der Waals surface area (Å²) in [5.74, 6) is -1.38. The smallest absolute Gasteiger partial charge is 0.412 e. The molecule has 0 saturated carbocycles. The van der Waals surface area contributed by atoms with Crippen LogP contribution in [0.1, 0.15) is 5.56 Å². The molecule has 0 saturated heterocycles. The summed E-state index contributed by atoms with van der Waals surface area (Å²) in [4.78, 5) is 22.4. The van der Waals surface area contributed by atoms with Gasteiger partial charge in [-0.05, 0) is 11.6 Å². The van der Waals surface area contributed by atoms with Crippen LogP contribution in [-0.2, 0) is 20.7 Å². The van der Waals surface area contributed by atoms with Gasteiger partial charge in [0, 0.05) is 0 Å². The van der Waals surface area contributed by atoms with Gasteiger partial charge in [0.05, 0.1) is 0 Å². The Bertz CT molecular complexity index is 543. The summed E-state index contributed by atoms with van der Waals surface area (Å²) in [7, 11) is -1.93. The topological polar surface area (TPSA) is 113 Å². The molecular weight excluding hydrogens is 297 g/mol. The van der Waals surface area contributed by atoms with E-state index in [1.807, 2.05) is 6.07 Å². The third-order valence-electron chi connectivity index (χ3n) is 2.34. The molecule has 7 nitrogen and oxygen atoms in total. The van der Waals surface area contributed by atoms with Crippen molar-refractivity contribution in [2.75, 3.05) is 12.5 Å². The first-order chi connectivity index (χ1) is 10.0. The second kappa shape index (κ2) is 8.84. The van der Waals surface area contributed by atoms with E-state index >= 15 is 0 Å². The lowest BCUT2D eigenvalue weighted by atomic mass is 10.2. The van der Waals surface area contributed by atoms with Crippen molar-refractivity contribution in [3.05, 3.63) is 47.7 Å². The molecule has 0 spiro atoms. The fourth-order valence-electron chi connectivity index (χ4n) is 1.31. The number of aliphatic carboxylic acids is 1. The molecule has 1 aromatic carbocycles. The van der Waals surface area contributed by atoms with Crippen molar-refractivity contribution in [2.24, 2.45) is 0 Å². The Hall–Kier alpha value is -2.24. The number of nitrogens with one attached hydrogen (secondary N) is 1. The van der Waals surface area contributed by atoms with Crippen LogP contribution in [0.5, 0.6) is 0 Å². The van der Waals surface area contributed by atoms with Crippen molar-refractivity contribution in [1.29, 1.82) is 0 Å². The molecule has 1 amide bonds. The molecule has 0 aliphatic rings. The maximum absolute atomic E-state index is 11.5. The standard InChI is InChI=1S/C13H14NO6P/c15-9-21(19)7-6-11(12(16)17)14-13(18)20-8-10-4-2-1-3-5-10/h1-6,15H,7-9H2,(H-,14,16,17,18)/p+1. The predicted molar refractivity (Wildman–Crippen MR) is 75.0 cm³/mol. The summed E-state index contributed by atoms with van der Waals surface area (Å²) < 4.78 is 15.9. The van der Waals surface area contributed by atoms with E-state index in [4.69, 9.17) is 14.9 Å². The van der Waals surface area contributed by atoms with Crippen LogP contribution >= 0.6 is 7.80 Å². The van der Waals surface area contributed by atoms with Crippen molar-refractivity contribution in [3.8, 4) is 0 Å². The monoisotopic (exact) mass is 312 g/mol. The van der Waals surface area contributed by atoms with Gasteiger partial charge in [-0.2, -0.15) is 0 Å². The number of carbonyl (C=O) groups is 2. The first-order valence-electron chi connectivity index (χ1n) is 5.97. The molecule has 1 rings (SSSR count). The summed E-state index contributed by atoms with van der Waals surface area (Å²) >= 11 is 0. The van der Waals surface area contributed by atoms with Gasteiger partial charge in [0.15, 0.2) is 6.16 Å². The molecule has 0 fully saturated rings. The average Bonchev–Trinajstić information content (AvgIpc) is 2.49. The van der Waals surface area contributed by atoms with Crippen LogP contribution in [0, 0.1) is 0 Å². The molecule has 21 heavy (non-hydrogen) atoms. The van der Waals surface area contributed by atoms with Gasteiger partial charge in [0.1, 0.15) is 12.3 Å². The van der Waals surface area contributed by atoms with Crippen LogP contribution < -0.4 is 5.32 Å². The number of ether oxygens (including phenoxy) is 1. The van der Waals surface area contributed by atoms with E-state index in [-0.39, 0.29) is 12.8 Å². The Balaban J connectivity index is 2.53. The number of hydrogen-bond donors (Lipinski definition) is 3. The minimum absolute atomic E-state index is 0.00444. The van der Waals surface area contributed by atoms with E-state index in [0.29, 0.717) is 0 Å². The number of hydrogen-bond acceptors (Lipinski definition) is 5. The molecule has 112 valence electrons. The minimum atomic E-state index is -1.93. The molecule has 1 atom stereocenters. The van der Waals surface area contributed by atoms with Gasteiger partial charge in [-0.3, -0.25) is 5.32 Å². The highest BCUT2D eigenvalue weighted by atomic mass is 31.1. The van der Waals surface area contributed by atoms with Gasteiger partial charge in [-0.15, -0.1) is 0 Å². The molecule has 0 heterocycles. The Morgan fingerprint density at radius 1 is 1.29 bits per heavy atom. The largest absolute Gasteiger partial charge is 0.477 e. The third kappa shape index (κ3) is 6.65.